The highest BCUT2D eigenvalue weighted by Crippen LogP contribution is 2.23. The van der Waals surface area contributed by atoms with Crippen molar-refractivity contribution in [3.63, 3.8) is 0 Å². The predicted molar refractivity (Wildman–Crippen MR) is 65.9 cm³/mol. The summed E-state index contributed by atoms with van der Waals surface area (Å²) in [5, 5.41) is 12.2. The first kappa shape index (κ1) is 13.3. The summed E-state index contributed by atoms with van der Waals surface area (Å²) < 4.78 is 4.86. The molecule has 17 heavy (non-hydrogen) atoms. The highest BCUT2D eigenvalue weighted by atomic mass is 35.5. The highest BCUT2D eigenvalue weighted by Gasteiger charge is 2.15. The zero-order valence-corrected chi connectivity index (χ0v) is 10.4. The number of hydrogen-bond donors (Lipinski definition) is 1. The van der Waals surface area contributed by atoms with Gasteiger partial charge in [0.1, 0.15) is 12.1 Å². The van der Waals surface area contributed by atoms with E-state index in [1.165, 1.54) is 0 Å². The van der Waals surface area contributed by atoms with Crippen molar-refractivity contribution in [1.29, 1.82) is 5.26 Å². The largest absolute Gasteiger partial charge is 0.464 e. The van der Waals surface area contributed by atoms with E-state index in [0.29, 0.717) is 22.9 Å². The van der Waals surface area contributed by atoms with Crippen LogP contribution in [0.25, 0.3) is 0 Å². The molecule has 0 aliphatic rings. The van der Waals surface area contributed by atoms with Gasteiger partial charge in [-0.2, -0.15) is 5.26 Å². The number of nitrogens with one attached hydrogen (secondary N) is 1. The van der Waals surface area contributed by atoms with Gasteiger partial charge in [-0.05, 0) is 26.0 Å². The Morgan fingerprint density at radius 1 is 1.65 bits per heavy atom. The molecule has 0 amide bonds. The number of halogens is 1. The average molecular weight is 253 g/mol. The number of nitrogens with zero attached hydrogens (tertiary/aromatic N) is 1. The Labute approximate surface area is 105 Å². The quantitative estimate of drug-likeness (QED) is 0.837. The molecule has 4 nitrogen and oxygen atoms in total. The summed E-state index contributed by atoms with van der Waals surface area (Å²) in [5.41, 5.74) is 0.853. The summed E-state index contributed by atoms with van der Waals surface area (Å²) in [5.74, 6) is -0.364. The first-order valence-corrected chi connectivity index (χ1v) is 5.59. The molecule has 1 N–H and O–H groups in total. The van der Waals surface area contributed by atoms with Crippen LogP contribution >= 0.6 is 11.6 Å². The van der Waals surface area contributed by atoms with Crippen molar-refractivity contribution < 1.29 is 9.53 Å². The highest BCUT2D eigenvalue weighted by molar-refractivity contribution is 6.32. The van der Waals surface area contributed by atoms with Crippen LogP contribution in [-0.4, -0.2) is 18.6 Å². The van der Waals surface area contributed by atoms with Crippen molar-refractivity contribution >= 4 is 23.3 Å². The van der Waals surface area contributed by atoms with Gasteiger partial charge in [0.05, 0.1) is 22.9 Å². The number of hydrogen-bond acceptors (Lipinski definition) is 4. The molecule has 0 saturated heterocycles. The summed E-state index contributed by atoms with van der Waals surface area (Å²) >= 11 is 5.88. The van der Waals surface area contributed by atoms with E-state index >= 15 is 0 Å². The number of carbonyl (C=O) groups is 1. The Hall–Kier alpha value is -1.73. The maximum Gasteiger partial charge on any atom is 0.328 e. The third kappa shape index (κ3) is 3.36. The summed E-state index contributed by atoms with van der Waals surface area (Å²) in [4.78, 5) is 11.4. The maximum atomic E-state index is 11.4. The summed E-state index contributed by atoms with van der Waals surface area (Å²) in [6.45, 7) is 3.73. The van der Waals surface area contributed by atoms with Crippen molar-refractivity contribution in [3.05, 3.63) is 28.8 Å². The topological polar surface area (TPSA) is 62.1 Å². The van der Waals surface area contributed by atoms with Crippen molar-refractivity contribution in [1.82, 2.24) is 0 Å². The van der Waals surface area contributed by atoms with E-state index in [1.54, 1.807) is 32.0 Å². The maximum absolute atomic E-state index is 11.4. The molecule has 0 fully saturated rings. The Bertz CT molecular complexity index is 454. The molecule has 0 radical (unpaired) electrons. The molecule has 0 heterocycles. The smallest absolute Gasteiger partial charge is 0.328 e. The van der Waals surface area contributed by atoms with Gasteiger partial charge in [-0.25, -0.2) is 4.79 Å². The van der Waals surface area contributed by atoms with Crippen LogP contribution in [0, 0.1) is 11.3 Å². The molecule has 0 aliphatic carbocycles. The van der Waals surface area contributed by atoms with Gasteiger partial charge in [-0.1, -0.05) is 17.7 Å². The lowest BCUT2D eigenvalue weighted by molar-refractivity contribution is -0.143. The fourth-order valence-corrected chi connectivity index (χ4v) is 1.53. The number of anilines is 1. The molecule has 0 aromatic heterocycles. The van der Waals surface area contributed by atoms with Crippen LogP contribution < -0.4 is 5.32 Å². The van der Waals surface area contributed by atoms with Crippen LogP contribution in [0.3, 0.4) is 0 Å². The van der Waals surface area contributed by atoms with Gasteiger partial charge >= 0.3 is 5.97 Å². The molecule has 0 saturated carbocycles. The molecular formula is C12H13ClN2O2. The number of rotatable bonds is 4. The average Bonchev–Trinajstić information content (AvgIpc) is 2.29. The molecule has 1 aromatic carbocycles. The lowest BCUT2D eigenvalue weighted by atomic mass is 10.1. The number of benzene rings is 1. The second-order valence-electron chi connectivity index (χ2n) is 3.39. The standard InChI is InChI=1S/C12H13ClN2O2/c1-3-17-12(16)8(2)15-11-6-4-5-10(13)9(11)7-14/h4-6,8,15H,3H2,1-2H3. The van der Waals surface area contributed by atoms with E-state index < -0.39 is 6.04 Å². The van der Waals surface area contributed by atoms with Crippen molar-refractivity contribution in [2.45, 2.75) is 19.9 Å². The minimum absolute atomic E-state index is 0.324. The SMILES string of the molecule is CCOC(=O)C(C)Nc1cccc(Cl)c1C#N. The Morgan fingerprint density at radius 2 is 2.35 bits per heavy atom. The van der Waals surface area contributed by atoms with Gasteiger partial charge in [-0.3, -0.25) is 0 Å². The van der Waals surface area contributed by atoms with E-state index in [0.717, 1.165) is 0 Å². The molecule has 1 aromatic rings. The van der Waals surface area contributed by atoms with E-state index in [-0.39, 0.29) is 5.97 Å². The van der Waals surface area contributed by atoms with Crippen molar-refractivity contribution in [2.24, 2.45) is 0 Å². The van der Waals surface area contributed by atoms with Crippen molar-refractivity contribution in [3.8, 4) is 6.07 Å². The zero-order valence-electron chi connectivity index (χ0n) is 9.66. The molecule has 0 aliphatic heterocycles. The lowest BCUT2D eigenvalue weighted by Gasteiger charge is -2.15. The second kappa shape index (κ2) is 6.12. The second-order valence-corrected chi connectivity index (χ2v) is 3.80. The minimum Gasteiger partial charge on any atom is -0.464 e. The zero-order chi connectivity index (χ0) is 12.8. The van der Waals surface area contributed by atoms with E-state index in [9.17, 15) is 4.79 Å². The summed E-state index contributed by atoms with van der Waals surface area (Å²) in [7, 11) is 0. The molecule has 90 valence electrons. The summed E-state index contributed by atoms with van der Waals surface area (Å²) in [6, 6.07) is 6.50. The van der Waals surface area contributed by atoms with E-state index in [4.69, 9.17) is 21.6 Å². The van der Waals surface area contributed by atoms with Gasteiger partial charge in [0.25, 0.3) is 0 Å². The summed E-state index contributed by atoms with van der Waals surface area (Å²) in [6.07, 6.45) is 0. The van der Waals surface area contributed by atoms with Crippen LogP contribution in [0.5, 0.6) is 0 Å². The van der Waals surface area contributed by atoms with Crippen LogP contribution in [0.1, 0.15) is 19.4 Å². The molecule has 0 spiro atoms. The Morgan fingerprint density at radius 3 is 2.94 bits per heavy atom. The third-order valence-corrected chi connectivity index (χ3v) is 2.45. The van der Waals surface area contributed by atoms with E-state index in [1.807, 2.05) is 6.07 Å². The number of esters is 1. The van der Waals surface area contributed by atoms with Gasteiger partial charge in [0, 0.05) is 0 Å². The molecule has 1 rings (SSSR count). The van der Waals surface area contributed by atoms with Gasteiger partial charge in [0.15, 0.2) is 0 Å². The van der Waals surface area contributed by atoms with Gasteiger partial charge < -0.3 is 10.1 Å². The minimum atomic E-state index is -0.527. The first-order chi connectivity index (χ1) is 8.10. The molecule has 0 bridgehead atoms. The lowest BCUT2D eigenvalue weighted by Crippen LogP contribution is -2.28. The van der Waals surface area contributed by atoms with E-state index in [2.05, 4.69) is 5.32 Å². The van der Waals surface area contributed by atoms with Crippen LogP contribution in [0.2, 0.25) is 5.02 Å². The fourth-order valence-electron chi connectivity index (χ4n) is 1.32. The monoisotopic (exact) mass is 252 g/mol. The first-order valence-electron chi connectivity index (χ1n) is 5.22. The van der Waals surface area contributed by atoms with Crippen LogP contribution in [-0.2, 0) is 9.53 Å². The molecular weight excluding hydrogens is 240 g/mol. The predicted octanol–water partition coefficient (Wildman–Crippen LogP) is 2.58. The van der Waals surface area contributed by atoms with Crippen LogP contribution in [0.15, 0.2) is 18.2 Å². The van der Waals surface area contributed by atoms with Gasteiger partial charge in [0.2, 0.25) is 0 Å². The fraction of sp³-hybridized carbons (Fsp3) is 0.333. The normalized spacial score (nSPS) is 11.4. The number of nitriles is 1. The number of ether oxygens (including phenoxy) is 1. The Balaban J connectivity index is 2.86. The molecule has 1 unspecified atom stereocenters. The number of carbonyl (C=O) groups excluding carboxylic acids is 1. The molecule has 1 atom stereocenters. The third-order valence-electron chi connectivity index (χ3n) is 2.14. The van der Waals surface area contributed by atoms with Crippen molar-refractivity contribution in [2.75, 3.05) is 11.9 Å². The Kier molecular flexibility index (Phi) is 4.80. The molecule has 5 heteroatoms. The van der Waals surface area contributed by atoms with Gasteiger partial charge in [-0.15, -0.1) is 0 Å². The van der Waals surface area contributed by atoms with Crippen LogP contribution in [0.4, 0.5) is 5.69 Å².